The Hall–Kier alpha value is -0.300. The molecule has 0 spiro atoms. The van der Waals surface area contributed by atoms with Crippen molar-refractivity contribution in [3.8, 4) is 0 Å². The molecule has 0 bridgehead atoms. The van der Waals surface area contributed by atoms with Crippen LogP contribution < -0.4 is 0 Å². The van der Waals surface area contributed by atoms with Gasteiger partial charge in [-0.25, -0.2) is 0 Å². The van der Waals surface area contributed by atoms with E-state index in [1.54, 1.807) is 5.57 Å². The Bertz CT molecular complexity index is 779. The van der Waals surface area contributed by atoms with Crippen molar-refractivity contribution in [3.05, 3.63) is 11.6 Å². The van der Waals surface area contributed by atoms with Crippen molar-refractivity contribution in [2.75, 3.05) is 0 Å². The van der Waals surface area contributed by atoms with E-state index in [4.69, 9.17) is 0 Å². The second-order valence-corrected chi connectivity index (χ2v) is 14.8. The van der Waals surface area contributed by atoms with Crippen LogP contribution in [0.3, 0.4) is 0 Å². The summed E-state index contributed by atoms with van der Waals surface area (Å²) in [4.78, 5) is 0. The molecular formula is C30H50O. The van der Waals surface area contributed by atoms with Crippen LogP contribution in [0.1, 0.15) is 113 Å². The molecule has 1 nitrogen and oxygen atoms in total. The highest BCUT2D eigenvalue weighted by molar-refractivity contribution is 5.35. The summed E-state index contributed by atoms with van der Waals surface area (Å²) in [6, 6.07) is 0. The minimum Gasteiger partial charge on any atom is -0.389 e. The third kappa shape index (κ3) is 2.71. The second-order valence-electron chi connectivity index (χ2n) is 14.8. The molecule has 176 valence electrons. The fourth-order valence-electron chi connectivity index (χ4n) is 11.1. The Balaban J connectivity index is 1.64. The molecule has 4 unspecified atom stereocenters. The van der Waals surface area contributed by atoms with Crippen molar-refractivity contribution >= 4 is 0 Å². The van der Waals surface area contributed by atoms with Crippen molar-refractivity contribution in [3.63, 3.8) is 0 Å². The fourth-order valence-corrected chi connectivity index (χ4v) is 11.1. The number of hydrogen-bond donors (Lipinski definition) is 1. The zero-order valence-electron chi connectivity index (χ0n) is 21.9. The number of aliphatic hydroxyl groups is 1. The molecule has 1 N–H and O–H groups in total. The zero-order valence-corrected chi connectivity index (χ0v) is 21.9. The highest BCUT2D eigenvalue weighted by Gasteiger charge is 2.69. The van der Waals surface area contributed by atoms with Crippen LogP contribution in [0.25, 0.3) is 0 Å². The lowest BCUT2D eigenvalue weighted by Gasteiger charge is -2.72. The Morgan fingerprint density at radius 1 is 0.839 bits per heavy atom. The van der Waals surface area contributed by atoms with Gasteiger partial charge in [0.25, 0.3) is 0 Å². The summed E-state index contributed by atoms with van der Waals surface area (Å²) < 4.78 is 0. The molecule has 0 aliphatic heterocycles. The number of aliphatic hydroxyl groups excluding tert-OH is 1. The quantitative estimate of drug-likeness (QED) is 0.389. The van der Waals surface area contributed by atoms with Crippen LogP contribution in [0.5, 0.6) is 0 Å². The highest BCUT2D eigenvalue weighted by Crippen LogP contribution is 2.75. The van der Waals surface area contributed by atoms with Gasteiger partial charge < -0.3 is 5.11 Å². The predicted molar refractivity (Wildman–Crippen MR) is 131 cm³/mol. The lowest BCUT2D eigenvalue weighted by atomic mass is 9.33. The lowest BCUT2D eigenvalue weighted by molar-refractivity contribution is -0.207. The minimum absolute atomic E-state index is 0.219. The highest BCUT2D eigenvalue weighted by atomic mass is 16.3. The summed E-state index contributed by atoms with van der Waals surface area (Å²) in [6.07, 6.45) is 14.3. The van der Waals surface area contributed by atoms with Gasteiger partial charge in [-0.15, -0.1) is 0 Å². The van der Waals surface area contributed by atoms with E-state index in [-0.39, 0.29) is 22.3 Å². The molecule has 10 atom stereocenters. The average Bonchev–Trinajstić information content (AvgIpc) is 2.66. The molecule has 1 heteroatoms. The van der Waals surface area contributed by atoms with Crippen LogP contribution in [0.2, 0.25) is 0 Å². The summed E-state index contributed by atoms with van der Waals surface area (Å²) >= 11 is 0. The first kappa shape index (κ1) is 22.5. The number of allylic oxidation sites excluding steroid dienone is 1. The van der Waals surface area contributed by atoms with Crippen molar-refractivity contribution in [1.82, 2.24) is 0 Å². The van der Waals surface area contributed by atoms with Gasteiger partial charge in [-0.2, -0.15) is 0 Å². The van der Waals surface area contributed by atoms with Gasteiger partial charge in [0.2, 0.25) is 0 Å². The first-order chi connectivity index (χ1) is 14.3. The molecule has 4 fully saturated rings. The summed E-state index contributed by atoms with van der Waals surface area (Å²) in [7, 11) is 0. The molecule has 5 aliphatic rings. The maximum Gasteiger partial charge on any atom is 0.0762 e. The van der Waals surface area contributed by atoms with Gasteiger partial charge in [-0.3, -0.25) is 0 Å². The lowest BCUT2D eigenvalue weighted by Crippen LogP contribution is -2.66. The Morgan fingerprint density at radius 3 is 2.26 bits per heavy atom. The van der Waals surface area contributed by atoms with Gasteiger partial charge in [0.15, 0.2) is 0 Å². The van der Waals surface area contributed by atoms with Crippen LogP contribution >= 0.6 is 0 Å². The predicted octanol–water partition coefficient (Wildman–Crippen LogP) is 8.02. The van der Waals surface area contributed by atoms with E-state index >= 15 is 0 Å². The number of hydrogen-bond acceptors (Lipinski definition) is 1. The monoisotopic (exact) mass is 426 g/mol. The summed E-state index contributed by atoms with van der Waals surface area (Å²) in [5, 5.41) is 11.9. The van der Waals surface area contributed by atoms with E-state index in [1.807, 2.05) is 0 Å². The van der Waals surface area contributed by atoms with Crippen molar-refractivity contribution in [2.24, 2.45) is 56.7 Å². The molecule has 0 aromatic carbocycles. The van der Waals surface area contributed by atoms with Crippen molar-refractivity contribution in [1.29, 1.82) is 0 Å². The Morgan fingerprint density at radius 2 is 1.55 bits per heavy atom. The van der Waals surface area contributed by atoms with E-state index in [1.165, 1.54) is 57.8 Å². The van der Waals surface area contributed by atoms with E-state index in [2.05, 4.69) is 61.5 Å². The maximum atomic E-state index is 11.9. The molecular weight excluding hydrogens is 376 g/mol. The molecule has 0 amide bonds. The van der Waals surface area contributed by atoms with E-state index in [0.717, 1.165) is 17.8 Å². The molecule has 4 saturated carbocycles. The van der Waals surface area contributed by atoms with Crippen LogP contribution in [0.15, 0.2) is 11.6 Å². The molecule has 0 aromatic rings. The average molecular weight is 427 g/mol. The molecule has 31 heavy (non-hydrogen) atoms. The third-order valence-electron chi connectivity index (χ3n) is 13.1. The smallest absolute Gasteiger partial charge is 0.0762 e. The zero-order chi connectivity index (χ0) is 22.6. The Labute approximate surface area is 192 Å². The number of rotatable bonds is 0. The van der Waals surface area contributed by atoms with Crippen LogP contribution in [-0.2, 0) is 0 Å². The third-order valence-corrected chi connectivity index (χ3v) is 13.1. The van der Waals surface area contributed by atoms with Gasteiger partial charge in [-0.1, -0.05) is 73.5 Å². The number of fused-ring (bicyclic) bond motifs is 7. The van der Waals surface area contributed by atoms with Gasteiger partial charge in [0.1, 0.15) is 0 Å². The van der Waals surface area contributed by atoms with E-state index < -0.39 is 0 Å². The van der Waals surface area contributed by atoms with Crippen LogP contribution in [-0.4, -0.2) is 11.2 Å². The van der Waals surface area contributed by atoms with Gasteiger partial charge in [-0.05, 0) is 102 Å². The van der Waals surface area contributed by atoms with Gasteiger partial charge in [0.05, 0.1) is 6.10 Å². The first-order valence-corrected chi connectivity index (χ1v) is 13.7. The van der Waals surface area contributed by atoms with Crippen LogP contribution in [0.4, 0.5) is 0 Å². The topological polar surface area (TPSA) is 20.2 Å². The maximum absolute atomic E-state index is 11.9. The van der Waals surface area contributed by atoms with E-state index in [0.29, 0.717) is 22.7 Å². The molecule has 0 saturated heterocycles. The summed E-state index contributed by atoms with van der Waals surface area (Å²) in [5.74, 6) is 3.36. The van der Waals surface area contributed by atoms with Crippen LogP contribution in [0, 0.1) is 56.7 Å². The SMILES string of the molecule is C[C@@H]1CC[C@]2(C)CC[C@]3(C)C(=CC(O)C4[C@@]5(C)CCCC(C)(C)C5CC[C@]43C)C2[C@H]1C. The molecule has 0 aromatic heterocycles. The van der Waals surface area contributed by atoms with Gasteiger partial charge in [0, 0.05) is 5.92 Å². The first-order valence-electron chi connectivity index (χ1n) is 13.7. The minimum atomic E-state index is -0.262. The summed E-state index contributed by atoms with van der Waals surface area (Å²) in [6.45, 7) is 20.5. The fraction of sp³-hybridized carbons (Fsp3) is 0.933. The largest absolute Gasteiger partial charge is 0.389 e. The molecule has 0 radical (unpaired) electrons. The molecule has 0 heterocycles. The molecule has 5 aliphatic carbocycles. The normalized spacial score (nSPS) is 58.3. The standard InChI is InChI=1S/C30H50O/c1-19-10-14-27(5)16-17-29(7)21(24(27)20(19)2)18-22(31)25-28(6)13-9-12-26(3,4)23(28)11-15-30(25,29)8/h18-20,22-25,31H,9-17H2,1-8H3/t19-,20+,22?,23?,24?,25?,27-,28+,29-,30-/m1/s1. The van der Waals surface area contributed by atoms with Crippen molar-refractivity contribution < 1.29 is 5.11 Å². The second kappa shape index (κ2) is 6.64. The van der Waals surface area contributed by atoms with E-state index in [9.17, 15) is 5.11 Å². The summed E-state index contributed by atoms with van der Waals surface area (Å²) in [5.41, 5.74) is 3.28. The van der Waals surface area contributed by atoms with Crippen molar-refractivity contribution in [2.45, 2.75) is 119 Å². The van der Waals surface area contributed by atoms with Gasteiger partial charge >= 0.3 is 0 Å². The Kier molecular flexibility index (Phi) is 4.82. The molecule has 5 rings (SSSR count).